The van der Waals surface area contributed by atoms with Crippen molar-refractivity contribution in [1.82, 2.24) is 15.3 Å². The van der Waals surface area contributed by atoms with Crippen molar-refractivity contribution in [2.24, 2.45) is 0 Å². The van der Waals surface area contributed by atoms with Crippen molar-refractivity contribution >= 4 is 0 Å². The molecule has 1 aliphatic carbocycles. The van der Waals surface area contributed by atoms with Crippen molar-refractivity contribution in [2.75, 3.05) is 6.61 Å². The van der Waals surface area contributed by atoms with Crippen LogP contribution in [0.25, 0.3) is 0 Å². The van der Waals surface area contributed by atoms with E-state index in [9.17, 15) is 5.11 Å². The second-order valence-electron chi connectivity index (χ2n) is 4.20. The Morgan fingerprint density at radius 2 is 2.20 bits per heavy atom. The van der Waals surface area contributed by atoms with Gasteiger partial charge in [-0.05, 0) is 18.9 Å². The van der Waals surface area contributed by atoms with Gasteiger partial charge in [0.25, 0.3) is 0 Å². The average Bonchev–Trinajstić information content (AvgIpc) is 2.77. The van der Waals surface area contributed by atoms with Crippen LogP contribution in [0.2, 0.25) is 0 Å². The van der Waals surface area contributed by atoms with Gasteiger partial charge in [-0.25, -0.2) is 9.97 Å². The molecule has 0 aliphatic heterocycles. The van der Waals surface area contributed by atoms with E-state index in [0.717, 1.165) is 18.5 Å². The molecule has 1 aromatic heterocycles. The van der Waals surface area contributed by atoms with Crippen LogP contribution >= 0.6 is 0 Å². The highest BCUT2D eigenvalue weighted by Gasteiger charge is 2.32. The molecule has 4 nitrogen and oxygen atoms in total. The third-order valence-electron chi connectivity index (χ3n) is 3.15. The van der Waals surface area contributed by atoms with Gasteiger partial charge in [-0.2, -0.15) is 0 Å². The largest absolute Gasteiger partial charge is 0.394 e. The Kier molecular flexibility index (Phi) is 3.28. The van der Waals surface area contributed by atoms with E-state index in [1.807, 2.05) is 6.07 Å². The Hall–Kier alpha value is -1.00. The second-order valence-corrected chi connectivity index (χ2v) is 4.20. The van der Waals surface area contributed by atoms with Gasteiger partial charge in [-0.3, -0.25) is 0 Å². The standard InChI is InChI=1S/C11H17N3O/c15-8-11(4-1-2-5-11)14-7-10-3-6-12-9-13-10/h3,6,9,14-15H,1-2,4-5,7-8H2. The fourth-order valence-corrected chi connectivity index (χ4v) is 2.14. The number of nitrogens with zero attached hydrogens (tertiary/aromatic N) is 2. The SMILES string of the molecule is OCC1(NCc2ccncn2)CCCC1. The number of aliphatic hydroxyl groups excluding tert-OH is 1. The van der Waals surface area contributed by atoms with Crippen LogP contribution < -0.4 is 5.32 Å². The zero-order chi connectivity index (χ0) is 10.6. The van der Waals surface area contributed by atoms with Crippen LogP contribution in [-0.4, -0.2) is 27.2 Å². The van der Waals surface area contributed by atoms with E-state index in [1.165, 1.54) is 12.8 Å². The highest BCUT2D eigenvalue weighted by molar-refractivity contribution is 5.00. The maximum atomic E-state index is 9.40. The lowest BCUT2D eigenvalue weighted by molar-refractivity contribution is 0.162. The molecule has 0 atom stereocenters. The van der Waals surface area contributed by atoms with E-state index in [1.54, 1.807) is 12.5 Å². The predicted molar refractivity (Wildman–Crippen MR) is 57.2 cm³/mol. The molecule has 0 spiro atoms. The lowest BCUT2D eigenvalue weighted by Gasteiger charge is -2.27. The van der Waals surface area contributed by atoms with E-state index in [-0.39, 0.29) is 12.1 Å². The van der Waals surface area contributed by atoms with E-state index in [0.29, 0.717) is 6.54 Å². The topological polar surface area (TPSA) is 58.0 Å². The zero-order valence-electron chi connectivity index (χ0n) is 8.82. The molecular weight excluding hydrogens is 190 g/mol. The Morgan fingerprint density at radius 3 is 2.80 bits per heavy atom. The van der Waals surface area contributed by atoms with Crippen molar-refractivity contribution < 1.29 is 5.11 Å². The number of aliphatic hydroxyl groups is 1. The van der Waals surface area contributed by atoms with Gasteiger partial charge in [0.2, 0.25) is 0 Å². The number of hydrogen-bond donors (Lipinski definition) is 2. The summed E-state index contributed by atoms with van der Waals surface area (Å²) in [6.45, 7) is 0.932. The molecule has 1 fully saturated rings. The smallest absolute Gasteiger partial charge is 0.115 e. The molecule has 2 rings (SSSR count). The van der Waals surface area contributed by atoms with Gasteiger partial charge < -0.3 is 10.4 Å². The van der Waals surface area contributed by atoms with Crippen molar-refractivity contribution in [1.29, 1.82) is 0 Å². The quantitative estimate of drug-likeness (QED) is 0.769. The summed E-state index contributed by atoms with van der Waals surface area (Å²) in [5.74, 6) is 0. The summed E-state index contributed by atoms with van der Waals surface area (Å²) in [6.07, 6.45) is 7.83. The van der Waals surface area contributed by atoms with Gasteiger partial charge in [0, 0.05) is 18.3 Å². The molecule has 0 aromatic carbocycles. The first-order chi connectivity index (χ1) is 7.35. The van der Waals surface area contributed by atoms with Gasteiger partial charge in [-0.1, -0.05) is 12.8 Å². The van der Waals surface area contributed by atoms with Crippen LogP contribution in [0.5, 0.6) is 0 Å². The molecule has 82 valence electrons. The molecule has 2 N–H and O–H groups in total. The summed E-state index contributed by atoms with van der Waals surface area (Å²) < 4.78 is 0. The van der Waals surface area contributed by atoms with Crippen LogP contribution in [-0.2, 0) is 6.54 Å². The van der Waals surface area contributed by atoms with E-state index >= 15 is 0 Å². The molecule has 4 heteroatoms. The van der Waals surface area contributed by atoms with Crippen molar-refractivity contribution in [3.63, 3.8) is 0 Å². The van der Waals surface area contributed by atoms with Gasteiger partial charge in [0.15, 0.2) is 0 Å². The molecule has 0 radical (unpaired) electrons. The first kappa shape index (κ1) is 10.5. The van der Waals surface area contributed by atoms with Crippen molar-refractivity contribution in [3.8, 4) is 0 Å². The summed E-state index contributed by atoms with van der Waals surface area (Å²) in [6, 6.07) is 1.90. The summed E-state index contributed by atoms with van der Waals surface area (Å²) in [5.41, 5.74) is 0.912. The normalized spacial score (nSPS) is 19.3. The minimum atomic E-state index is -0.0645. The summed E-state index contributed by atoms with van der Waals surface area (Å²) in [5, 5.41) is 12.8. The molecule has 15 heavy (non-hydrogen) atoms. The molecule has 0 bridgehead atoms. The fourth-order valence-electron chi connectivity index (χ4n) is 2.14. The van der Waals surface area contributed by atoms with E-state index < -0.39 is 0 Å². The minimum absolute atomic E-state index is 0.0645. The average molecular weight is 207 g/mol. The number of hydrogen-bond acceptors (Lipinski definition) is 4. The Balaban J connectivity index is 1.92. The molecule has 1 aromatic rings. The number of aromatic nitrogens is 2. The first-order valence-electron chi connectivity index (χ1n) is 5.45. The van der Waals surface area contributed by atoms with Crippen LogP contribution in [0.15, 0.2) is 18.6 Å². The Morgan fingerprint density at radius 1 is 1.40 bits per heavy atom. The van der Waals surface area contributed by atoms with Gasteiger partial charge in [0.05, 0.1) is 12.3 Å². The lowest BCUT2D eigenvalue weighted by atomic mass is 9.99. The summed E-state index contributed by atoms with van der Waals surface area (Å²) in [7, 11) is 0. The third-order valence-corrected chi connectivity index (χ3v) is 3.15. The van der Waals surface area contributed by atoms with Crippen LogP contribution in [0.1, 0.15) is 31.4 Å². The van der Waals surface area contributed by atoms with Crippen LogP contribution in [0.3, 0.4) is 0 Å². The molecule has 0 unspecified atom stereocenters. The van der Waals surface area contributed by atoms with E-state index in [4.69, 9.17) is 0 Å². The number of nitrogens with one attached hydrogen (secondary N) is 1. The number of rotatable bonds is 4. The van der Waals surface area contributed by atoms with Gasteiger partial charge >= 0.3 is 0 Å². The van der Waals surface area contributed by atoms with Crippen LogP contribution in [0, 0.1) is 0 Å². The molecule has 0 amide bonds. The zero-order valence-corrected chi connectivity index (χ0v) is 8.82. The minimum Gasteiger partial charge on any atom is -0.394 e. The molecular formula is C11H17N3O. The molecule has 1 saturated carbocycles. The summed E-state index contributed by atoms with van der Waals surface area (Å²) in [4.78, 5) is 8.02. The van der Waals surface area contributed by atoms with Gasteiger partial charge in [0.1, 0.15) is 6.33 Å². The fraction of sp³-hybridized carbons (Fsp3) is 0.636. The maximum Gasteiger partial charge on any atom is 0.115 e. The highest BCUT2D eigenvalue weighted by atomic mass is 16.3. The lowest BCUT2D eigenvalue weighted by Crippen LogP contribution is -2.45. The van der Waals surface area contributed by atoms with Crippen LogP contribution in [0.4, 0.5) is 0 Å². The first-order valence-corrected chi connectivity index (χ1v) is 5.45. The molecule has 1 heterocycles. The molecule has 1 aliphatic rings. The molecule has 0 saturated heterocycles. The van der Waals surface area contributed by atoms with Crippen molar-refractivity contribution in [2.45, 2.75) is 37.8 Å². The maximum absolute atomic E-state index is 9.40. The predicted octanol–water partition coefficient (Wildman–Crippen LogP) is 0.871. The highest BCUT2D eigenvalue weighted by Crippen LogP contribution is 2.29. The monoisotopic (exact) mass is 207 g/mol. The van der Waals surface area contributed by atoms with Crippen molar-refractivity contribution in [3.05, 3.63) is 24.3 Å². The Labute approximate surface area is 89.8 Å². The summed E-state index contributed by atoms with van der Waals surface area (Å²) >= 11 is 0. The second kappa shape index (κ2) is 4.68. The Bertz CT molecular complexity index is 296. The van der Waals surface area contributed by atoms with E-state index in [2.05, 4.69) is 15.3 Å². The third kappa shape index (κ3) is 2.52. The van der Waals surface area contributed by atoms with Gasteiger partial charge in [-0.15, -0.1) is 0 Å².